The van der Waals surface area contributed by atoms with Gasteiger partial charge in [-0.2, -0.15) is 5.10 Å². The maximum atomic E-state index is 12.0. The maximum absolute atomic E-state index is 12.0. The largest absolute Gasteiger partial charge is 0.324 e. The molecule has 136 valence electrons. The van der Waals surface area contributed by atoms with Crippen molar-refractivity contribution < 1.29 is 9.59 Å². The van der Waals surface area contributed by atoms with Gasteiger partial charge in [0, 0.05) is 17.2 Å². The quantitative estimate of drug-likeness (QED) is 0.540. The van der Waals surface area contributed by atoms with Crippen molar-refractivity contribution in [2.75, 3.05) is 5.32 Å². The molecular weight excluding hydrogens is 373 g/mol. The highest BCUT2D eigenvalue weighted by atomic mass is 35.5. The average molecular weight is 392 g/mol. The highest BCUT2D eigenvalue weighted by molar-refractivity contribution is 6.35. The van der Waals surface area contributed by atoms with E-state index in [-0.39, 0.29) is 18.2 Å². The predicted octanol–water partition coefficient (Wildman–Crippen LogP) is 4.45. The summed E-state index contributed by atoms with van der Waals surface area (Å²) in [6.07, 6.45) is 0.988. The van der Waals surface area contributed by atoms with Crippen molar-refractivity contribution in [2.45, 2.75) is 26.2 Å². The summed E-state index contributed by atoms with van der Waals surface area (Å²) in [6, 6.07) is 14.5. The number of carbonyl (C=O) groups is 2. The van der Waals surface area contributed by atoms with Crippen LogP contribution in [-0.2, 0) is 16.0 Å². The first-order valence-electron chi connectivity index (χ1n) is 8.05. The van der Waals surface area contributed by atoms with Crippen LogP contribution in [0.15, 0.2) is 53.6 Å². The van der Waals surface area contributed by atoms with Crippen molar-refractivity contribution in [1.29, 1.82) is 0 Å². The number of hydrazone groups is 1. The number of hydrogen-bond acceptors (Lipinski definition) is 3. The van der Waals surface area contributed by atoms with Crippen LogP contribution >= 0.6 is 23.2 Å². The van der Waals surface area contributed by atoms with Gasteiger partial charge in [0.25, 0.3) is 0 Å². The van der Waals surface area contributed by atoms with Gasteiger partial charge in [0.2, 0.25) is 11.8 Å². The molecule has 7 heteroatoms. The Bertz CT molecular complexity index is 808. The van der Waals surface area contributed by atoms with Crippen LogP contribution < -0.4 is 10.7 Å². The predicted molar refractivity (Wildman–Crippen MR) is 106 cm³/mol. The van der Waals surface area contributed by atoms with E-state index in [0.29, 0.717) is 34.3 Å². The lowest BCUT2D eigenvalue weighted by Gasteiger charge is -2.08. The summed E-state index contributed by atoms with van der Waals surface area (Å²) in [5.74, 6) is -0.500. The molecule has 0 heterocycles. The van der Waals surface area contributed by atoms with Crippen LogP contribution in [-0.4, -0.2) is 17.5 Å². The van der Waals surface area contributed by atoms with Crippen molar-refractivity contribution in [1.82, 2.24) is 5.43 Å². The number of aryl methyl sites for hydroxylation is 1. The highest BCUT2D eigenvalue weighted by Gasteiger charge is 2.09. The van der Waals surface area contributed by atoms with Crippen LogP contribution in [0.25, 0.3) is 0 Å². The van der Waals surface area contributed by atoms with E-state index in [0.717, 1.165) is 5.56 Å². The normalized spacial score (nSPS) is 11.1. The molecule has 0 aliphatic heterocycles. The molecule has 0 atom stereocenters. The zero-order chi connectivity index (χ0) is 18.9. The lowest BCUT2D eigenvalue weighted by Crippen LogP contribution is -2.21. The number of halogens is 2. The Morgan fingerprint density at radius 3 is 2.50 bits per heavy atom. The molecule has 0 bridgehead atoms. The Kier molecular flexibility index (Phi) is 7.63. The molecule has 0 unspecified atom stereocenters. The summed E-state index contributed by atoms with van der Waals surface area (Å²) in [5, 5.41) is 7.49. The van der Waals surface area contributed by atoms with E-state index in [2.05, 4.69) is 15.8 Å². The minimum atomic E-state index is -0.297. The van der Waals surface area contributed by atoms with Gasteiger partial charge in [0.15, 0.2) is 0 Å². The van der Waals surface area contributed by atoms with Crippen molar-refractivity contribution in [3.8, 4) is 0 Å². The highest BCUT2D eigenvalue weighted by Crippen LogP contribution is 2.25. The minimum absolute atomic E-state index is 0.0296. The third kappa shape index (κ3) is 6.86. The Hall–Kier alpha value is -2.37. The minimum Gasteiger partial charge on any atom is -0.324 e. The molecule has 0 saturated carbocycles. The second kappa shape index (κ2) is 9.94. The fraction of sp³-hybridized carbons (Fsp3) is 0.211. The SMILES string of the molecule is C/C(CC(=O)Nc1cc(Cl)ccc1Cl)=N/NC(=O)CCc1ccccc1. The van der Waals surface area contributed by atoms with Crippen molar-refractivity contribution >= 4 is 46.4 Å². The molecule has 2 aromatic carbocycles. The van der Waals surface area contributed by atoms with Crippen LogP contribution in [0.3, 0.4) is 0 Å². The average Bonchev–Trinajstić information content (AvgIpc) is 2.62. The second-order valence-electron chi connectivity index (χ2n) is 5.72. The van der Waals surface area contributed by atoms with Gasteiger partial charge in [-0.15, -0.1) is 0 Å². The van der Waals surface area contributed by atoms with Crippen LogP contribution in [0, 0.1) is 0 Å². The Labute approximate surface area is 162 Å². The molecule has 2 aromatic rings. The molecule has 2 amide bonds. The number of nitrogens with one attached hydrogen (secondary N) is 2. The van der Waals surface area contributed by atoms with Gasteiger partial charge in [-0.05, 0) is 37.1 Å². The molecule has 0 saturated heterocycles. The molecule has 0 radical (unpaired) electrons. The van der Waals surface area contributed by atoms with E-state index >= 15 is 0 Å². The summed E-state index contributed by atoms with van der Waals surface area (Å²) in [7, 11) is 0. The molecule has 2 N–H and O–H groups in total. The van der Waals surface area contributed by atoms with E-state index < -0.39 is 0 Å². The van der Waals surface area contributed by atoms with Crippen molar-refractivity contribution in [3.63, 3.8) is 0 Å². The van der Waals surface area contributed by atoms with Crippen LogP contribution in [0.2, 0.25) is 10.0 Å². The summed E-state index contributed by atoms with van der Waals surface area (Å²) >= 11 is 11.9. The first kappa shape index (κ1) is 19.9. The van der Waals surface area contributed by atoms with Crippen molar-refractivity contribution in [3.05, 3.63) is 64.1 Å². The second-order valence-corrected chi connectivity index (χ2v) is 6.56. The zero-order valence-electron chi connectivity index (χ0n) is 14.3. The standard InChI is InChI=1S/C19H19Cl2N3O2/c1-13(11-19(26)22-17-12-15(20)8-9-16(17)21)23-24-18(25)10-7-14-5-3-2-4-6-14/h2-6,8-9,12H,7,10-11H2,1H3,(H,22,26)(H,24,25)/b23-13-. The molecule has 0 aliphatic carbocycles. The number of benzene rings is 2. The number of hydrogen-bond donors (Lipinski definition) is 2. The number of anilines is 1. The van der Waals surface area contributed by atoms with E-state index in [1.54, 1.807) is 25.1 Å². The monoisotopic (exact) mass is 391 g/mol. The van der Waals surface area contributed by atoms with Gasteiger partial charge in [-0.1, -0.05) is 53.5 Å². The summed E-state index contributed by atoms with van der Waals surface area (Å²) in [4.78, 5) is 23.9. The molecule has 0 spiro atoms. The number of amides is 2. The zero-order valence-corrected chi connectivity index (χ0v) is 15.8. The van der Waals surface area contributed by atoms with Gasteiger partial charge < -0.3 is 5.32 Å². The summed E-state index contributed by atoms with van der Waals surface area (Å²) in [6.45, 7) is 1.66. The topological polar surface area (TPSA) is 70.6 Å². The Morgan fingerprint density at radius 2 is 1.77 bits per heavy atom. The van der Waals surface area contributed by atoms with Gasteiger partial charge in [0.05, 0.1) is 17.1 Å². The molecule has 0 aliphatic rings. The van der Waals surface area contributed by atoms with Crippen LogP contribution in [0.1, 0.15) is 25.3 Å². The fourth-order valence-corrected chi connectivity index (χ4v) is 2.51. The van der Waals surface area contributed by atoms with Gasteiger partial charge in [-0.3, -0.25) is 9.59 Å². The number of rotatable bonds is 7. The first-order valence-corrected chi connectivity index (χ1v) is 8.80. The van der Waals surface area contributed by atoms with Crippen LogP contribution in [0.4, 0.5) is 5.69 Å². The number of carbonyl (C=O) groups excluding carboxylic acids is 2. The molecule has 5 nitrogen and oxygen atoms in total. The summed E-state index contributed by atoms with van der Waals surface area (Å²) in [5.41, 5.74) is 4.46. The maximum Gasteiger partial charge on any atom is 0.240 e. The van der Waals surface area contributed by atoms with Crippen LogP contribution in [0.5, 0.6) is 0 Å². The molecule has 0 aromatic heterocycles. The molecule has 2 rings (SSSR count). The Balaban J connectivity index is 1.78. The fourth-order valence-electron chi connectivity index (χ4n) is 2.18. The third-order valence-corrected chi connectivity index (χ3v) is 4.04. The van der Waals surface area contributed by atoms with E-state index in [4.69, 9.17) is 23.2 Å². The Morgan fingerprint density at radius 1 is 1.04 bits per heavy atom. The van der Waals surface area contributed by atoms with Crippen molar-refractivity contribution in [2.24, 2.45) is 5.10 Å². The smallest absolute Gasteiger partial charge is 0.240 e. The third-order valence-electron chi connectivity index (χ3n) is 3.47. The lowest BCUT2D eigenvalue weighted by atomic mass is 10.1. The van der Waals surface area contributed by atoms with Gasteiger partial charge >= 0.3 is 0 Å². The van der Waals surface area contributed by atoms with Gasteiger partial charge in [-0.25, -0.2) is 5.43 Å². The molecule has 0 fully saturated rings. The van der Waals surface area contributed by atoms with E-state index in [1.807, 2.05) is 30.3 Å². The number of nitrogens with zero attached hydrogens (tertiary/aromatic N) is 1. The first-order chi connectivity index (χ1) is 12.4. The van der Waals surface area contributed by atoms with Gasteiger partial charge in [0.1, 0.15) is 0 Å². The van der Waals surface area contributed by atoms with E-state index in [1.165, 1.54) is 0 Å². The molecule has 26 heavy (non-hydrogen) atoms. The molecular formula is C19H19Cl2N3O2. The lowest BCUT2D eigenvalue weighted by molar-refractivity contribution is -0.121. The van der Waals surface area contributed by atoms with E-state index in [9.17, 15) is 9.59 Å². The summed E-state index contributed by atoms with van der Waals surface area (Å²) < 4.78 is 0.